The average Bonchev–Trinajstić information content (AvgIpc) is 1.62. The monoisotopic (exact) mass is 1960 g/mol. The summed E-state index contributed by atoms with van der Waals surface area (Å²) in [5.41, 5.74) is 5.13. The van der Waals surface area contributed by atoms with Crippen LogP contribution in [0.2, 0.25) is 0 Å². The topological polar surface area (TPSA) is 444 Å². The van der Waals surface area contributed by atoms with Crippen LogP contribution in [-0.2, 0) is 65.7 Å². The van der Waals surface area contributed by atoms with Gasteiger partial charge in [-0.2, -0.15) is 0 Å². The van der Waals surface area contributed by atoms with Crippen molar-refractivity contribution in [2.75, 3.05) is 107 Å². The molecule has 40 heteroatoms. The molecule has 2 fully saturated rings. The first-order chi connectivity index (χ1) is 60.9. The average molecular weight is 1970 g/mol. The Morgan fingerprint density at radius 2 is 0.850 bits per heavy atom. The number of carbonyl (C=O) groups is 8. The zero-order chi connectivity index (χ0) is 87.2. The van der Waals surface area contributed by atoms with Crippen molar-refractivity contribution in [3.63, 3.8) is 0 Å². The van der Waals surface area contributed by atoms with E-state index in [1.807, 2.05) is 12.1 Å². The number of imide groups is 2. The van der Waals surface area contributed by atoms with E-state index in [9.17, 15) is 43.5 Å². The van der Waals surface area contributed by atoms with Crippen LogP contribution in [0.25, 0.3) is 32.9 Å². The molecule has 3 aromatic heterocycles. The summed E-state index contributed by atoms with van der Waals surface area (Å²) in [6, 6.07) is 30.6. The van der Waals surface area contributed by atoms with Crippen LogP contribution in [0.3, 0.4) is 0 Å². The molecule has 2 unspecified atom stereocenters. The number of ketones is 3. The predicted octanol–water partition coefficient (Wildman–Crippen LogP) is 12.9. The van der Waals surface area contributed by atoms with Gasteiger partial charge in [0.25, 0.3) is 0 Å². The first kappa shape index (κ1) is 90.8. The number of piperidine rings is 2. The van der Waals surface area contributed by atoms with E-state index < -0.39 is 11.8 Å². The number of carbonyl (C=O) groups excluding carboxylic acids is 8. The van der Waals surface area contributed by atoms with Crippen LogP contribution in [0.1, 0.15) is 92.2 Å². The van der Waals surface area contributed by atoms with Crippen LogP contribution in [0.5, 0.6) is 121 Å². The van der Waals surface area contributed by atoms with Crippen LogP contribution in [0.4, 0.5) is 0 Å². The zero-order valence-corrected chi connectivity index (χ0v) is 72.2. The molecule has 4 amide bonds. The first-order valence-corrected chi connectivity index (χ1v) is 39.2. The van der Waals surface area contributed by atoms with Gasteiger partial charge in [0.2, 0.25) is 83.8 Å². The molecule has 0 bridgehead atoms. The molecule has 11 aromatic rings. The molecule has 2 atom stereocenters. The minimum Gasteiger partial charge on any atom is -0.508 e. The second-order valence-electron chi connectivity index (χ2n) is 27.2. The maximum Gasteiger partial charge on any atom is 0.310 e. The Labute approximate surface area is 744 Å². The molecule has 8 aromatic carbocycles. The van der Waals surface area contributed by atoms with Gasteiger partial charge in [-0.25, -0.2) is 0 Å². The number of fused-ring (bicyclic) bond motifs is 16. The minimum atomic E-state index is -0.398. The number of methoxy groups -OCH3 is 2. The van der Waals surface area contributed by atoms with Crippen molar-refractivity contribution in [2.24, 2.45) is 0 Å². The van der Waals surface area contributed by atoms with Gasteiger partial charge in [-0.3, -0.25) is 49.0 Å². The maximum atomic E-state index is 12.0. The number of phenols is 2. The number of phenolic OH excluding ortho intramolecular Hbond substituents is 2. The molecule has 11 aliphatic heterocycles. The summed E-state index contributed by atoms with van der Waals surface area (Å²) < 4.78 is 130. The number of rotatable bonds is 15. The number of hydrogen-bond acceptors (Lipinski definition) is 35. The van der Waals surface area contributed by atoms with E-state index in [1.165, 1.54) is 19.2 Å². The van der Waals surface area contributed by atoms with Crippen LogP contribution < -0.4 is 101 Å². The van der Waals surface area contributed by atoms with E-state index in [0.717, 1.165) is 38.6 Å². The SMILES string of the molecule is CCOC(=O)Cc1coc2ccc3c(c12)OCO3.COCOc1ccc2c(c1)OCO2.COCOc1ccc2c(c1C(=O)CCl)OCO2.O=C(CCl)c1c(O)ccc2c1OCO2.O=C1CCC(c2coc3ccc4c(c23)OCO4)C(=O)N1.O=C1CCC(c2coc3ccc4c(c23)OCO4)C(=O)N1.O=C1COc2ccc3c(c21)OCO3.Oc1ccc2c(c1)OCO2.[CH3-].[W]. The first-order valence-electron chi connectivity index (χ1n) is 38.1. The second kappa shape index (κ2) is 41.7. The van der Waals surface area contributed by atoms with Gasteiger partial charge in [0.1, 0.15) is 62.2 Å². The molecule has 2 saturated heterocycles. The molecule has 22 rings (SSSR count). The number of alkyl halides is 2. The fourth-order valence-corrected chi connectivity index (χ4v) is 14.2. The molecule has 4 N–H and O–H groups in total. The zero-order valence-electron chi connectivity index (χ0n) is 67.7. The number of Topliss-reactive ketones (excluding diaryl/α,β-unsaturated/α-hetero) is 3. The van der Waals surface area contributed by atoms with Crippen molar-refractivity contribution in [3.05, 3.63) is 169 Å². The molecule has 0 saturated carbocycles. The van der Waals surface area contributed by atoms with Crippen LogP contribution in [0.15, 0.2) is 141 Å². The number of amides is 4. The van der Waals surface area contributed by atoms with Crippen molar-refractivity contribution >= 4 is 103 Å². The molecule has 14 heterocycles. The quantitative estimate of drug-likeness (QED) is 0.0185. The second-order valence-corrected chi connectivity index (χ2v) is 27.7. The van der Waals surface area contributed by atoms with Gasteiger partial charge in [0.05, 0.1) is 71.6 Å². The molecule has 666 valence electrons. The molecule has 37 nitrogen and oxygen atoms in total. The molecular formula is C87H77Cl2N2O35W-. The Bertz CT molecular complexity index is 5820. The summed E-state index contributed by atoms with van der Waals surface area (Å²) in [7, 11) is 3.07. The standard InChI is InChI=1S/2C14H11NO5.C13H12O5.C11H11ClO5.C9H7ClO4.C9H6O4.C9H10O4.C7H6O3.CH3.W/c2*16-11-4-1-7(14(17)15-11)8-5-18-9-2-3-10-13(12(8)9)20-6-19-10;1-2-15-11(14)5-8-6-16-9-3-4-10-13(12(8)9)18-7-17-10;1-14-5-15-8-2-3-9-11(17-6-16-9)10(8)7(13)4-12;10-3-6(12)8-5(11)1-2-7-9(8)14-4-13-7;10-5-3-11-6-1-2-7-9(8(5)6)13-4-12-7;1-10-5-11-7-2-3-8-9(4-7)13-6-12-8;8-5-1-2-6-7(3-5)10-4-9-6;;/h2*2-3,5,7H,1,4,6H2,(H,15,16,17);3-4,6H,2,5,7H2,1H3;2-3H,4-6H2,1H3;1-2,11H,3-4H2;1-2H,3-4H2;2-4H,5-6H2,1H3;1-3,8H,4H2;1H3;/q;;;;;;;;-1;. The van der Waals surface area contributed by atoms with Crippen molar-refractivity contribution in [3.8, 4) is 121 Å². The Morgan fingerprint density at radius 1 is 0.441 bits per heavy atom. The maximum absolute atomic E-state index is 12.0. The largest absolute Gasteiger partial charge is 0.508 e. The van der Waals surface area contributed by atoms with Crippen molar-refractivity contribution in [1.29, 1.82) is 0 Å². The summed E-state index contributed by atoms with van der Waals surface area (Å²) >= 11 is 11.0. The number of hydrogen-bond donors (Lipinski definition) is 4. The fraction of sp³-hybridized carbons (Fsp3) is 0.276. The fourth-order valence-electron chi connectivity index (χ4n) is 13.9. The molecule has 0 radical (unpaired) electrons. The van der Waals surface area contributed by atoms with Gasteiger partial charge in [0.15, 0.2) is 124 Å². The molecular weight excluding hydrogens is 1890 g/mol. The number of nitrogens with one attached hydrogen (secondary N) is 2. The smallest absolute Gasteiger partial charge is 0.310 e. The summed E-state index contributed by atoms with van der Waals surface area (Å²) in [6.45, 7) is 3.90. The number of ether oxygens (including phenoxy) is 22. The van der Waals surface area contributed by atoms with Gasteiger partial charge in [-0.1, -0.05) is 0 Å². The number of halogens is 2. The molecule has 0 spiro atoms. The number of benzene rings is 8. The summed E-state index contributed by atoms with van der Waals surface area (Å²) in [5, 5.41) is 25.4. The number of esters is 1. The minimum absolute atomic E-state index is 0. The van der Waals surface area contributed by atoms with Gasteiger partial charge in [-0.05, 0) is 117 Å². The third-order valence-corrected chi connectivity index (χ3v) is 20.0. The predicted molar refractivity (Wildman–Crippen MR) is 435 cm³/mol. The Kier molecular flexibility index (Phi) is 29.9. The summed E-state index contributed by atoms with van der Waals surface area (Å²) in [4.78, 5) is 92.5. The van der Waals surface area contributed by atoms with Crippen molar-refractivity contribution < 1.29 is 187 Å². The van der Waals surface area contributed by atoms with E-state index in [2.05, 4.69) is 10.6 Å². The van der Waals surface area contributed by atoms with Gasteiger partial charge in [0, 0.05) is 76.9 Å². The van der Waals surface area contributed by atoms with Gasteiger partial charge in [-0.15, -0.1) is 23.2 Å². The van der Waals surface area contributed by atoms with Gasteiger partial charge >= 0.3 is 5.97 Å². The van der Waals surface area contributed by atoms with E-state index in [0.29, 0.717) is 158 Å². The normalized spacial score (nSPS) is 15.8. The van der Waals surface area contributed by atoms with E-state index in [-0.39, 0.29) is 191 Å². The summed E-state index contributed by atoms with van der Waals surface area (Å²) in [6.07, 6.45) is 6.46. The van der Waals surface area contributed by atoms with Crippen LogP contribution in [-0.4, -0.2) is 164 Å². The Morgan fingerprint density at radius 3 is 1.39 bits per heavy atom. The van der Waals surface area contributed by atoms with E-state index in [4.69, 9.17) is 146 Å². The third-order valence-electron chi connectivity index (χ3n) is 19.6. The van der Waals surface area contributed by atoms with E-state index >= 15 is 0 Å². The van der Waals surface area contributed by atoms with Crippen molar-refractivity contribution in [2.45, 2.75) is 50.9 Å². The molecule has 11 aliphatic rings. The third kappa shape index (κ3) is 20.3. The van der Waals surface area contributed by atoms with Crippen LogP contribution in [0, 0.1) is 7.43 Å². The van der Waals surface area contributed by atoms with Gasteiger partial charge < -0.3 is 135 Å². The van der Waals surface area contributed by atoms with Crippen LogP contribution >= 0.6 is 23.2 Å². The number of aromatic hydroxyl groups is 2. The van der Waals surface area contributed by atoms with E-state index in [1.54, 1.807) is 118 Å². The molecule has 0 aliphatic carbocycles. The Balaban J connectivity index is 0.000000125. The van der Waals surface area contributed by atoms with Crippen molar-refractivity contribution in [1.82, 2.24) is 10.6 Å². The molecule has 127 heavy (non-hydrogen) atoms. The summed E-state index contributed by atoms with van der Waals surface area (Å²) in [5.74, 6) is 7.93. The Hall–Kier alpha value is -13.9. The number of furan rings is 3.